The van der Waals surface area contributed by atoms with Crippen molar-refractivity contribution in [2.75, 3.05) is 17.2 Å². The van der Waals surface area contributed by atoms with Crippen molar-refractivity contribution >= 4 is 44.8 Å². The molecule has 6 heteroatoms. The second kappa shape index (κ2) is 6.72. The number of carbonyl (C=O) groups excluding carboxylic acids is 1. The molecule has 1 aromatic carbocycles. The van der Waals surface area contributed by atoms with Gasteiger partial charge in [0.05, 0.1) is 23.1 Å². The van der Waals surface area contributed by atoms with Crippen LogP contribution in [0.2, 0.25) is 5.02 Å². The molecule has 2 aromatic rings. The highest BCUT2D eigenvalue weighted by Crippen LogP contribution is 2.27. The average Bonchev–Trinajstić information content (AvgIpc) is 2.44. The van der Waals surface area contributed by atoms with E-state index in [0.717, 1.165) is 4.47 Å². The molecular formula is C14H13BrClN3O. The molecule has 0 unspecified atom stereocenters. The van der Waals surface area contributed by atoms with Gasteiger partial charge in [-0.15, -0.1) is 0 Å². The summed E-state index contributed by atoms with van der Waals surface area (Å²) in [4.78, 5) is 16.3. The predicted molar refractivity (Wildman–Crippen MR) is 85.5 cm³/mol. The van der Waals surface area contributed by atoms with Gasteiger partial charge in [0.1, 0.15) is 0 Å². The monoisotopic (exact) mass is 353 g/mol. The van der Waals surface area contributed by atoms with E-state index in [1.54, 1.807) is 36.7 Å². The zero-order valence-corrected chi connectivity index (χ0v) is 13.1. The van der Waals surface area contributed by atoms with Crippen molar-refractivity contribution in [2.45, 2.75) is 6.92 Å². The van der Waals surface area contributed by atoms with E-state index in [-0.39, 0.29) is 5.91 Å². The highest BCUT2D eigenvalue weighted by molar-refractivity contribution is 9.10. The highest BCUT2D eigenvalue weighted by Gasteiger charge is 2.12. The van der Waals surface area contributed by atoms with Crippen molar-refractivity contribution in [3.8, 4) is 0 Å². The Labute approximate surface area is 130 Å². The lowest BCUT2D eigenvalue weighted by Gasteiger charge is -2.11. The minimum absolute atomic E-state index is 0.216. The van der Waals surface area contributed by atoms with Crippen molar-refractivity contribution < 1.29 is 4.79 Å². The summed E-state index contributed by atoms with van der Waals surface area (Å²) in [5.74, 6) is -0.216. The quantitative estimate of drug-likeness (QED) is 0.866. The van der Waals surface area contributed by atoms with Gasteiger partial charge in [0, 0.05) is 22.2 Å². The molecule has 0 spiro atoms. The van der Waals surface area contributed by atoms with Gasteiger partial charge >= 0.3 is 0 Å². The normalized spacial score (nSPS) is 10.2. The van der Waals surface area contributed by atoms with E-state index in [4.69, 9.17) is 11.6 Å². The Kier molecular flexibility index (Phi) is 4.98. The number of carbonyl (C=O) groups is 1. The van der Waals surface area contributed by atoms with Crippen LogP contribution in [-0.4, -0.2) is 17.4 Å². The number of aromatic nitrogens is 1. The summed E-state index contributed by atoms with van der Waals surface area (Å²) < 4.78 is 0.773. The van der Waals surface area contributed by atoms with Crippen molar-refractivity contribution in [2.24, 2.45) is 0 Å². The van der Waals surface area contributed by atoms with Crippen LogP contribution in [0, 0.1) is 0 Å². The number of benzene rings is 1. The molecule has 20 heavy (non-hydrogen) atoms. The highest BCUT2D eigenvalue weighted by atomic mass is 79.9. The van der Waals surface area contributed by atoms with Gasteiger partial charge in [0.2, 0.25) is 0 Å². The number of halogens is 2. The largest absolute Gasteiger partial charge is 0.383 e. The van der Waals surface area contributed by atoms with Gasteiger partial charge in [-0.25, -0.2) is 0 Å². The molecule has 0 saturated heterocycles. The Morgan fingerprint density at radius 1 is 1.35 bits per heavy atom. The third-order valence-electron chi connectivity index (χ3n) is 2.61. The zero-order chi connectivity index (χ0) is 14.5. The Morgan fingerprint density at radius 2 is 2.15 bits per heavy atom. The average molecular weight is 355 g/mol. The first-order valence-electron chi connectivity index (χ1n) is 6.06. The fraction of sp³-hybridized carbons (Fsp3) is 0.143. The number of nitrogens with zero attached hydrogens (tertiary/aromatic N) is 1. The van der Waals surface area contributed by atoms with Gasteiger partial charge in [-0.05, 0) is 47.1 Å². The van der Waals surface area contributed by atoms with Gasteiger partial charge in [-0.1, -0.05) is 11.6 Å². The van der Waals surface area contributed by atoms with Gasteiger partial charge in [0.15, 0.2) is 0 Å². The SMILES string of the molecule is CCNc1cnccc1C(=O)Nc1cc(Cl)ccc1Br. The molecule has 1 amide bonds. The fourth-order valence-corrected chi connectivity index (χ4v) is 2.22. The third-order valence-corrected chi connectivity index (χ3v) is 3.54. The molecule has 0 bridgehead atoms. The first kappa shape index (κ1) is 14.8. The first-order chi connectivity index (χ1) is 9.61. The van der Waals surface area contributed by atoms with E-state index >= 15 is 0 Å². The van der Waals surface area contributed by atoms with Crippen molar-refractivity contribution in [3.63, 3.8) is 0 Å². The molecule has 1 aromatic heterocycles. The van der Waals surface area contributed by atoms with Crippen LogP contribution in [0.4, 0.5) is 11.4 Å². The molecule has 1 heterocycles. The van der Waals surface area contributed by atoms with E-state index in [9.17, 15) is 4.79 Å². The smallest absolute Gasteiger partial charge is 0.257 e. The van der Waals surface area contributed by atoms with Crippen molar-refractivity contribution in [3.05, 3.63) is 51.7 Å². The summed E-state index contributed by atoms with van der Waals surface area (Å²) in [7, 11) is 0. The summed E-state index contributed by atoms with van der Waals surface area (Å²) in [6, 6.07) is 6.90. The van der Waals surface area contributed by atoms with Crippen LogP contribution in [0.3, 0.4) is 0 Å². The van der Waals surface area contributed by atoms with Crippen LogP contribution in [-0.2, 0) is 0 Å². The van der Waals surface area contributed by atoms with Crippen LogP contribution in [0.1, 0.15) is 17.3 Å². The first-order valence-corrected chi connectivity index (χ1v) is 7.23. The Morgan fingerprint density at radius 3 is 2.90 bits per heavy atom. The molecule has 104 valence electrons. The molecule has 2 N–H and O–H groups in total. The number of nitrogens with one attached hydrogen (secondary N) is 2. The minimum atomic E-state index is -0.216. The lowest BCUT2D eigenvalue weighted by atomic mass is 10.2. The number of pyridine rings is 1. The zero-order valence-electron chi connectivity index (χ0n) is 10.8. The molecule has 0 aliphatic carbocycles. The van der Waals surface area contributed by atoms with E-state index < -0.39 is 0 Å². The van der Waals surface area contributed by atoms with Gasteiger partial charge in [0.25, 0.3) is 5.91 Å². The summed E-state index contributed by atoms with van der Waals surface area (Å²) in [6.45, 7) is 2.68. The van der Waals surface area contributed by atoms with E-state index in [0.29, 0.717) is 28.5 Å². The number of hydrogen-bond donors (Lipinski definition) is 2. The van der Waals surface area contributed by atoms with Gasteiger partial charge in [-0.3, -0.25) is 9.78 Å². The van der Waals surface area contributed by atoms with E-state index in [1.807, 2.05) is 6.92 Å². The minimum Gasteiger partial charge on any atom is -0.383 e. The molecule has 0 saturated carbocycles. The van der Waals surface area contributed by atoms with Crippen molar-refractivity contribution in [1.29, 1.82) is 0 Å². The van der Waals surface area contributed by atoms with Crippen molar-refractivity contribution in [1.82, 2.24) is 4.98 Å². The molecule has 0 fully saturated rings. The fourth-order valence-electron chi connectivity index (χ4n) is 1.71. The van der Waals surface area contributed by atoms with Crippen LogP contribution < -0.4 is 10.6 Å². The predicted octanol–water partition coefficient (Wildman–Crippen LogP) is 4.18. The van der Waals surface area contributed by atoms with E-state index in [2.05, 4.69) is 31.5 Å². The lowest BCUT2D eigenvalue weighted by Crippen LogP contribution is -2.15. The van der Waals surface area contributed by atoms with E-state index in [1.165, 1.54) is 0 Å². The lowest BCUT2D eigenvalue weighted by molar-refractivity contribution is 0.102. The maximum absolute atomic E-state index is 12.3. The Balaban J connectivity index is 2.26. The standard InChI is InChI=1S/C14H13BrClN3O/c1-2-18-13-8-17-6-5-10(13)14(20)19-12-7-9(16)3-4-11(12)15/h3-8,18H,2H2,1H3,(H,19,20). The molecule has 4 nitrogen and oxygen atoms in total. The number of rotatable bonds is 4. The molecule has 0 radical (unpaired) electrons. The summed E-state index contributed by atoms with van der Waals surface area (Å²) in [5.41, 5.74) is 1.86. The summed E-state index contributed by atoms with van der Waals surface area (Å²) in [5, 5.41) is 6.50. The maximum Gasteiger partial charge on any atom is 0.257 e. The Bertz CT molecular complexity index is 634. The second-order valence-electron chi connectivity index (χ2n) is 4.03. The molecule has 0 atom stereocenters. The molecule has 0 aliphatic heterocycles. The summed E-state index contributed by atoms with van der Waals surface area (Å²) >= 11 is 9.31. The maximum atomic E-state index is 12.3. The number of anilines is 2. The second-order valence-corrected chi connectivity index (χ2v) is 5.32. The molecule has 0 aliphatic rings. The van der Waals surface area contributed by atoms with Crippen LogP contribution in [0.5, 0.6) is 0 Å². The number of hydrogen-bond acceptors (Lipinski definition) is 3. The van der Waals surface area contributed by atoms with Gasteiger partial charge in [-0.2, -0.15) is 0 Å². The van der Waals surface area contributed by atoms with Crippen LogP contribution in [0.25, 0.3) is 0 Å². The van der Waals surface area contributed by atoms with Crippen LogP contribution in [0.15, 0.2) is 41.1 Å². The Hall–Kier alpha value is -1.59. The molecular weight excluding hydrogens is 342 g/mol. The van der Waals surface area contributed by atoms with Crippen LogP contribution >= 0.6 is 27.5 Å². The van der Waals surface area contributed by atoms with Gasteiger partial charge < -0.3 is 10.6 Å². The number of amides is 1. The topological polar surface area (TPSA) is 54.0 Å². The summed E-state index contributed by atoms with van der Waals surface area (Å²) in [6.07, 6.45) is 3.22. The molecule has 2 rings (SSSR count). The third kappa shape index (κ3) is 3.49.